The van der Waals surface area contributed by atoms with E-state index in [1.165, 1.54) is 16.7 Å². The van der Waals surface area contributed by atoms with Crippen LogP contribution in [0.25, 0.3) is 5.57 Å². The van der Waals surface area contributed by atoms with Gasteiger partial charge in [-0.1, -0.05) is 19.1 Å². The minimum Gasteiger partial charge on any atom is -0.497 e. The molecule has 2 aliphatic carbocycles. The fourth-order valence-electron chi connectivity index (χ4n) is 3.18. The van der Waals surface area contributed by atoms with E-state index in [-0.39, 0.29) is 11.5 Å². The molecule has 0 heterocycles. The molecule has 0 saturated heterocycles. The molecule has 0 unspecified atom stereocenters. The number of aliphatic hydroxyl groups excluding tert-OH is 1. The first kappa shape index (κ1) is 10.8. The van der Waals surface area contributed by atoms with E-state index in [0.29, 0.717) is 0 Å². The minimum absolute atomic E-state index is 0.0401. The van der Waals surface area contributed by atoms with E-state index in [4.69, 9.17) is 4.74 Å². The number of aliphatic hydroxyl groups is 1. The Morgan fingerprint density at radius 1 is 1.41 bits per heavy atom. The number of ether oxygens (including phenoxy) is 1. The monoisotopic (exact) mass is 230 g/mol. The van der Waals surface area contributed by atoms with Crippen LogP contribution in [-0.4, -0.2) is 18.3 Å². The Balaban J connectivity index is 2.09. The highest BCUT2D eigenvalue weighted by Crippen LogP contribution is 2.52. The average molecular weight is 230 g/mol. The fourth-order valence-corrected chi connectivity index (χ4v) is 3.18. The molecule has 0 aromatic heterocycles. The Kier molecular flexibility index (Phi) is 2.30. The van der Waals surface area contributed by atoms with Crippen molar-refractivity contribution in [2.45, 2.75) is 32.3 Å². The summed E-state index contributed by atoms with van der Waals surface area (Å²) in [7, 11) is 1.70. The molecular weight excluding hydrogens is 212 g/mol. The van der Waals surface area contributed by atoms with Crippen LogP contribution < -0.4 is 4.74 Å². The van der Waals surface area contributed by atoms with Gasteiger partial charge in [0.1, 0.15) is 5.75 Å². The lowest BCUT2D eigenvalue weighted by Crippen LogP contribution is -2.32. The summed E-state index contributed by atoms with van der Waals surface area (Å²) >= 11 is 0. The van der Waals surface area contributed by atoms with Crippen molar-refractivity contribution in [3.63, 3.8) is 0 Å². The van der Waals surface area contributed by atoms with Crippen LogP contribution in [0.5, 0.6) is 5.75 Å². The Bertz CT molecular complexity index is 490. The normalized spacial score (nSPS) is 30.5. The van der Waals surface area contributed by atoms with Crippen molar-refractivity contribution < 1.29 is 9.84 Å². The number of benzene rings is 1. The molecule has 0 amide bonds. The smallest absolute Gasteiger partial charge is 0.119 e. The largest absolute Gasteiger partial charge is 0.497 e. The second kappa shape index (κ2) is 3.61. The fraction of sp³-hybridized carbons (Fsp3) is 0.467. The van der Waals surface area contributed by atoms with Gasteiger partial charge in [0.15, 0.2) is 0 Å². The second-order valence-electron chi connectivity index (χ2n) is 5.31. The Labute approximate surface area is 102 Å². The van der Waals surface area contributed by atoms with E-state index < -0.39 is 0 Å². The SMILES string of the molecule is COc1ccc2c(c1)CC[C@]1(C)C2=CC[C@@H]1O. The standard InChI is InChI=1S/C15H18O2/c1-15-8-7-10-9-11(17-2)3-4-12(10)13(15)5-6-14(15)16/h3-5,9,14,16H,6-8H2,1-2H3/t14-,15+/m0/s1. The highest BCUT2D eigenvalue weighted by molar-refractivity contribution is 5.77. The summed E-state index contributed by atoms with van der Waals surface area (Å²) < 4.78 is 5.27. The van der Waals surface area contributed by atoms with Crippen molar-refractivity contribution in [2.75, 3.05) is 7.11 Å². The molecule has 1 N–H and O–H groups in total. The molecule has 1 aromatic carbocycles. The van der Waals surface area contributed by atoms with Crippen LogP contribution in [0.15, 0.2) is 24.3 Å². The van der Waals surface area contributed by atoms with E-state index in [9.17, 15) is 5.11 Å². The maximum atomic E-state index is 10.1. The van der Waals surface area contributed by atoms with E-state index in [0.717, 1.165) is 25.0 Å². The lowest BCUT2D eigenvalue weighted by Gasteiger charge is -2.37. The molecule has 2 heteroatoms. The van der Waals surface area contributed by atoms with Gasteiger partial charge in [0, 0.05) is 5.41 Å². The number of fused-ring (bicyclic) bond motifs is 3. The van der Waals surface area contributed by atoms with E-state index >= 15 is 0 Å². The molecular formula is C15H18O2. The van der Waals surface area contributed by atoms with Gasteiger partial charge in [0.2, 0.25) is 0 Å². The topological polar surface area (TPSA) is 29.5 Å². The van der Waals surface area contributed by atoms with Crippen LogP contribution in [-0.2, 0) is 6.42 Å². The summed E-state index contributed by atoms with van der Waals surface area (Å²) in [6, 6.07) is 6.27. The third-order valence-corrected chi connectivity index (χ3v) is 4.41. The number of aryl methyl sites for hydroxylation is 1. The predicted octanol–water partition coefficient (Wildman–Crippen LogP) is 2.80. The van der Waals surface area contributed by atoms with Gasteiger partial charge < -0.3 is 9.84 Å². The van der Waals surface area contributed by atoms with Crippen LogP contribution in [0, 0.1) is 5.41 Å². The van der Waals surface area contributed by atoms with Crippen LogP contribution in [0.3, 0.4) is 0 Å². The molecule has 3 rings (SSSR count). The Morgan fingerprint density at radius 3 is 3.00 bits per heavy atom. The molecule has 2 aliphatic rings. The van der Waals surface area contributed by atoms with Crippen LogP contribution in [0.1, 0.15) is 30.9 Å². The van der Waals surface area contributed by atoms with Crippen molar-refractivity contribution in [3.8, 4) is 5.75 Å². The third-order valence-electron chi connectivity index (χ3n) is 4.41. The first-order chi connectivity index (χ1) is 8.15. The van der Waals surface area contributed by atoms with E-state index in [2.05, 4.69) is 25.1 Å². The van der Waals surface area contributed by atoms with Gasteiger partial charge in [0.25, 0.3) is 0 Å². The number of hydrogen-bond donors (Lipinski definition) is 1. The molecule has 0 spiro atoms. The zero-order valence-electron chi connectivity index (χ0n) is 10.4. The number of rotatable bonds is 1. The van der Waals surface area contributed by atoms with Crippen molar-refractivity contribution in [2.24, 2.45) is 5.41 Å². The maximum absolute atomic E-state index is 10.1. The molecule has 0 fully saturated rings. The van der Waals surface area contributed by atoms with Gasteiger partial charge in [-0.2, -0.15) is 0 Å². The van der Waals surface area contributed by atoms with Crippen molar-refractivity contribution in [3.05, 3.63) is 35.4 Å². The highest BCUT2D eigenvalue weighted by atomic mass is 16.5. The molecule has 1 aromatic rings. The predicted molar refractivity (Wildman–Crippen MR) is 68.0 cm³/mol. The summed E-state index contributed by atoms with van der Waals surface area (Å²) in [4.78, 5) is 0. The van der Waals surface area contributed by atoms with Gasteiger partial charge in [-0.25, -0.2) is 0 Å². The van der Waals surface area contributed by atoms with Crippen LogP contribution in [0.4, 0.5) is 0 Å². The Morgan fingerprint density at radius 2 is 2.24 bits per heavy atom. The van der Waals surface area contributed by atoms with Gasteiger partial charge in [-0.15, -0.1) is 0 Å². The highest BCUT2D eigenvalue weighted by Gasteiger charge is 2.43. The molecule has 0 radical (unpaired) electrons. The van der Waals surface area contributed by atoms with Gasteiger partial charge in [0.05, 0.1) is 13.2 Å². The third kappa shape index (κ3) is 1.44. The lowest BCUT2D eigenvalue weighted by atomic mass is 9.69. The summed E-state index contributed by atoms with van der Waals surface area (Å²) in [6.07, 6.45) is 4.83. The van der Waals surface area contributed by atoms with Crippen molar-refractivity contribution in [1.82, 2.24) is 0 Å². The zero-order chi connectivity index (χ0) is 12.0. The van der Waals surface area contributed by atoms with Crippen molar-refractivity contribution >= 4 is 5.57 Å². The second-order valence-corrected chi connectivity index (χ2v) is 5.31. The molecule has 0 saturated carbocycles. The van der Waals surface area contributed by atoms with Crippen LogP contribution in [0.2, 0.25) is 0 Å². The summed E-state index contributed by atoms with van der Waals surface area (Å²) in [5, 5.41) is 10.1. The summed E-state index contributed by atoms with van der Waals surface area (Å²) in [5.41, 5.74) is 3.94. The summed E-state index contributed by atoms with van der Waals surface area (Å²) in [6.45, 7) is 2.18. The molecule has 0 bridgehead atoms. The quantitative estimate of drug-likeness (QED) is 0.804. The van der Waals surface area contributed by atoms with Crippen molar-refractivity contribution in [1.29, 1.82) is 0 Å². The van der Waals surface area contributed by atoms with Gasteiger partial charge >= 0.3 is 0 Å². The minimum atomic E-state index is -0.215. The average Bonchev–Trinajstić information content (AvgIpc) is 2.65. The van der Waals surface area contributed by atoms with Gasteiger partial charge in [-0.3, -0.25) is 0 Å². The maximum Gasteiger partial charge on any atom is 0.119 e. The first-order valence-electron chi connectivity index (χ1n) is 6.21. The molecule has 0 aliphatic heterocycles. The molecule has 90 valence electrons. The molecule has 17 heavy (non-hydrogen) atoms. The summed E-state index contributed by atoms with van der Waals surface area (Å²) in [5.74, 6) is 0.923. The molecule has 2 atom stereocenters. The Hall–Kier alpha value is -1.28. The lowest BCUT2D eigenvalue weighted by molar-refractivity contribution is 0.0826. The first-order valence-corrected chi connectivity index (χ1v) is 6.21. The molecule has 2 nitrogen and oxygen atoms in total. The number of methoxy groups -OCH3 is 1. The van der Waals surface area contributed by atoms with E-state index in [1.54, 1.807) is 7.11 Å². The zero-order valence-corrected chi connectivity index (χ0v) is 10.4. The van der Waals surface area contributed by atoms with E-state index in [1.807, 2.05) is 6.07 Å². The van der Waals surface area contributed by atoms with Gasteiger partial charge in [-0.05, 0) is 48.1 Å². The number of hydrogen-bond acceptors (Lipinski definition) is 2. The van der Waals surface area contributed by atoms with Crippen LogP contribution >= 0.6 is 0 Å².